The zero-order valence-corrected chi connectivity index (χ0v) is 18.9. The van der Waals surface area contributed by atoms with Gasteiger partial charge >= 0.3 is 0 Å². The number of carbonyl (C=O) groups excluding carboxylic acids is 1. The van der Waals surface area contributed by atoms with Gasteiger partial charge in [-0.25, -0.2) is 4.98 Å². The number of ether oxygens (including phenoxy) is 1. The van der Waals surface area contributed by atoms with Crippen molar-refractivity contribution < 1.29 is 14.5 Å². The molecule has 1 aliphatic rings. The van der Waals surface area contributed by atoms with E-state index >= 15 is 0 Å². The molecule has 0 saturated carbocycles. The van der Waals surface area contributed by atoms with Crippen molar-refractivity contribution in [2.75, 3.05) is 31.1 Å². The maximum Gasteiger partial charge on any atom is 0.292 e. The lowest BCUT2D eigenvalue weighted by Gasteiger charge is -2.35. The third-order valence-corrected chi connectivity index (χ3v) is 6.57. The summed E-state index contributed by atoms with van der Waals surface area (Å²) in [5, 5.41) is 12.7. The first kappa shape index (κ1) is 22.0. The average molecular weight is 473 g/mol. The van der Waals surface area contributed by atoms with Gasteiger partial charge in [0.2, 0.25) is 0 Å². The first-order valence-corrected chi connectivity index (χ1v) is 11.2. The largest absolute Gasteiger partial charge is 0.486 e. The highest BCUT2D eigenvalue weighted by atomic mass is 35.5. The number of nitro groups is 1. The van der Waals surface area contributed by atoms with Crippen molar-refractivity contribution >= 4 is 40.2 Å². The number of amides is 1. The molecule has 32 heavy (non-hydrogen) atoms. The van der Waals surface area contributed by atoms with Crippen LogP contribution in [0, 0.1) is 17.0 Å². The molecule has 1 saturated heterocycles. The van der Waals surface area contributed by atoms with Gasteiger partial charge in [0.15, 0.2) is 0 Å². The molecule has 0 N–H and O–H groups in total. The molecule has 0 radical (unpaired) electrons. The Morgan fingerprint density at radius 1 is 1.16 bits per heavy atom. The monoisotopic (exact) mass is 472 g/mol. The molecule has 0 bridgehead atoms. The molecule has 8 nitrogen and oxygen atoms in total. The minimum atomic E-state index is -0.374. The molecule has 1 aromatic heterocycles. The average Bonchev–Trinajstić information content (AvgIpc) is 3.18. The number of para-hydroxylation sites is 2. The van der Waals surface area contributed by atoms with Crippen LogP contribution in [0.5, 0.6) is 5.75 Å². The van der Waals surface area contributed by atoms with Gasteiger partial charge in [-0.15, -0.1) is 11.3 Å². The van der Waals surface area contributed by atoms with E-state index in [0.717, 1.165) is 5.01 Å². The fraction of sp³-hybridized carbons (Fsp3) is 0.273. The van der Waals surface area contributed by atoms with Crippen molar-refractivity contribution in [1.82, 2.24) is 9.88 Å². The van der Waals surface area contributed by atoms with Gasteiger partial charge in [-0.05, 0) is 37.3 Å². The lowest BCUT2D eigenvalue weighted by atomic mass is 10.2. The number of anilines is 1. The molecule has 0 unspecified atom stereocenters. The lowest BCUT2D eigenvalue weighted by molar-refractivity contribution is -0.384. The van der Waals surface area contributed by atoms with Crippen LogP contribution < -0.4 is 9.64 Å². The summed E-state index contributed by atoms with van der Waals surface area (Å²) in [4.78, 5) is 32.8. The summed E-state index contributed by atoms with van der Waals surface area (Å²) in [5.74, 6) is 0.612. The Morgan fingerprint density at radius 2 is 1.84 bits per heavy atom. The van der Waals surface area contributed by atoms with Gasteiger partial charge in [-0.2, -0.15) is 0 Å². The molecule has 1 amide bonds. The third-order valence-electron chi connectivity index (χ3n) is 5.20. The molecule has 0 atom stereocenters. The number of rotatable bonds is 6. The molecule has 4 rings (SSSR count). The second kappa shape index (κ2) is 9.54. The van der Waals surface area contributed by atoms with Crippen LogP contribution in [0.3, 0.4) is 0 Å². The summed E-state index contributed by atoms with van der Waals surface area (Å²) in [6.45, 7) is 4.12. The Labute approximate surface area is 194 Å². The molecule has 1 aliphatic heterocycles. The smallest absolute Gasteiger partial charge is 0.292 e. The van der Waals surface area contributed by atoms with Crippen LogP contribution in [0.4, 0.5) is 11.4 Å². The van der Waals surface area contributed by atoms with E-state index < -0.39 is 0 Å². The first-order chi connectivity index (χ1) is 15.4. The topological polar surface area (TPSA) is 88.8 Å². The fourth-order valence-corrected chi connectivity index (χ4v) is 4.64. The zero-order chi connectivity index (χ0) is 22.7. The van der Waals surface area contributed by atoms with E-state index in [-0.39, 0.29) is 23.1 Å². The first-order valence-electron chi connectivity index (χ1n) is 10.0. The van der Waals surface area contributed by atoms with E-state index in [9.17, 15) is 14.9 Å². The number of carbonyl (C=O) groups is 1. The van der Waals surface area contributed by atoms with E-state index in [1.54, 1.807) is 47.4 Å². The molecule has 1 fully saturated rings. The summed E-state index contributed by atoms with van der Waals surface area (Å²) < 4.78 is 5.74. The molecular weight excluding hydrogens is 452 g/mol. The predicted molar refractivity (Wildman–Crippen MR) is 124 cm³/mol. The van der Waals surface area contributed by atoms with Gasteiger partial charge in [0.05, 0.1) is 10.6 Å². The Hall–Kier alpha value is -3.17. The Kier molecular flexibility index (Phi) is 6.57. The second-order valence-corrected chi connectivity index (χ2v) is 8.81. The van der Waals surface area contributed by atoms with Gasteiger partial charge < -0.3 is 14.5 Å². The maximum atomic E-state index is 13.1. The SMILES string of the molecule is Cc1nc(COc2ccc(Cl)cc2)sc1C(=O)N1CCN(c2ccccc2[N+](=O)[O-])CC1. The summed E-state index contributed by atoms with van der Waals surface area (Å²) >= 11 is 7.22. The van der Waals surface area contributed by atoms with E-state index in [0.29, 0.717) is 53.2 Å². The van der Waals surface area contributed by atoms with Crippen molar-refractivity contribution in [3.63, 3.8) is 0 Å². The maximum absolute atomic E-state index is 13.1. The molecule has 2 heterocycles. The quantitative estimate of drug-likeness (QED) is 0.386. The van der Waals surface area contributed by atoms with E-state index in [1.807, 2.05) is 11.8 Å². The van der Waals surface area contributed by atoms with Crippen molar-refractivity contribution in [2.24, 2.45) is 0 Å². The Bertz CT molecular complexity index is 1130. The van der Waals surface area contributed by atoms with Crippen LogP contribution in [0.25, 0.3) is 0 Å². The molecule has 10 heteroatoms. The molecule has 3 aromatic rings. The highest BCUT2D eigenvalue weighted by Gasteiger charge is 2.28. The summed E-state index contributed by atoms with van der Waals surface area (Å²) in [7, 11) is 0. The predicted octanol–water partition coefficient (Wildman–Crippen LogP) is 4.55. The van der Waals surface area contributed by atoms with E-state index in [1.165, 1.54) is 17.4 Å². The molecule has 0 aliphatic carbocycles. The van der Waals surface area contributed by atoms with Gasteiger partial charge in [0.1, 0.15) is 27.9 Å². The zero-order valence-electron chi connectivity index (χ0n) is 17.4. The highest BCUT2D eigenvalue weighted by Crippen LogP contribution is 2.29. The third kappa shape index (κ3) is 4.84. The van der Waals surface area contributed by atoms with Crippen LogP contribution in [0.2, 0.25) is 5.02 Å². The van der Waals surface area contributed by atoms with Crippen molar-refractivity contribution in [3.05, 3.63) is 79.2 Å². The number of hydrogen-bond acceptors (Lipinski definition) is 7. The number of halogens is 1. The molecular formula is C22H21ClN4O4S. The summed E-state index contributed by atoms with van der Waals surface area (Å²) in [5.41, 5.74) is 1.34. The standard InChI is InChI=1S/C22H21ClN4O4S/c1-15-21(32-20(24-15)14-31-17-8-6-16(23)7-9-17)22(28)26-12-10-25(11-13-26)18-4-2-3-5-19(18)27(29)30/h2-9H,10-14H2,1H3. The Balaban J connectivity index is 1.38. The summed E-state index contributed by atoms with van der Waals surface area (Å²) in [6, 6.07) is 13.8. The molecule has 0 spiro atoms. The minimum Gasteiger partial charge on any atom is -0.486 e. The van der Waals surface area contributed by atoms with Crippen LogP contribution in [0.15, 0.2) is 48.5 Å². The van der Waals surface area contributed by atoms with Crippen molar-refractivity contribution in [3.8, 4) is 5.75 Å². The van der Waals surface area contributed by atoms with Gasteiger partial charge in [-0.1, -0.05) is 23.7 Å². The summed E-state index contributed by atoms with van der Waals surface area (Å²) in [6.07, 6.45) is 0. The fourth-order valence-electron chi connectivity index (χ4n) is 3.57. The van der Waals surface area contributed by atoms with Gasteiger partial charge in [0.25, 0.3) is 11.6 Å². The van der Waals surface area contributed by atoms with E-state index in [2.05, 4.69) is 4.98 Å². The van der Waals surface area contributed by atoms with Crippen LogP contribution >= 0.6 is 22.9 Å². The number of hydrogen-bond donors (Lipinski definition) is 0. The highest BCUT2D eigenvalue weighted by molar-refractivity contribution is 7.13. The number of aryl methyl sites for hydroxylation is 1. The van der Waals surface area contributed by atoms with Gasteiger partial charge in [-0.3, -0.25) is 14.9 Å². The molecule has 2 aromatic carbocycles. The van der Waals surface area contributed by atoms with Crippen molar-refractivity contribution in [2.45, 2.75) is 13.5 Å². The normalized spacial score (nSPS) is 13.8. The van der Waals surface area contributed by atoms with Crippen LogP contribution in [-0.2, 0) is 6.61 Å². The minimum absolute atomic E-state index is 0.0695. The van der Waals surface area contributed by atoms with Crippen molar-refractivity contribution in [1.29, 1.82) is 0 Å². The number of aromatic nitrogens is 1. The number of benzene rings is 2. The van der Waals surface area contributed by atoms with Crippen LogP contribution in [-0.4, -0.2) is 46.9 Å². The lowest BCUT2D eigenvalue weighted by Crippen LogP contribution is -2.48. The number of thiazole rings is 1. The number of nitro benzene ring substituents is 1. The van der Waals surface area contributed by atoms with E-state index in [4.69, 9.17) is 16.3 Å². The Morgan fingerprint density at radius 3 is 2.53 bits per heavy atom. The second-order valence-electron chi connectivity index (χ2n) is 7.29. The van der Waals surface area contributed by atoms with Crippen LogP contribution in [0.1, 0.15) is 20.4 Å². The van der Waals surface area contributed by atoms with Gasteiger partial charge in [0, 0.05) is 37.3 Å². The number of nitrogens with zero attached hydrogens (tertiary/aromatic N) is 4. The molecule has 166 valence electrons. The number of piperazine rings is 1.